The van der Waals surface area contributed by atoms with E-state index in [0.717, 1.165) is 12.8 Å². The van der Waals surface area contributed by atoms with Crippen molar-refractivity contribution in [1.29, 1.82) is 0 Å². The first kappa shape index (κ1) is 18.4. The maximum atomic E-state index is 12.1. The van der Waals surface area contributed by atoms with Crippen molar-refractivity contribution in [3.8, 4) is 5.75 Å². The van der Waals surface area contributed by atoms with E-state index >= 15 is 0 Å². The van der Waals surface area contributed by atoms with Gasteiger partial charge in [0.1, 0.15) is 0 Å². The van der Waals surface area contributed by atoms with Crippen LogP contribution in [0.15, 0.2) is 18.2 Å². The number of para-hydroxylation sites is 1. The number of methoxy groups -OCH3 is 1. The Morgan fingerprint density at radius 1 is 1.42 bits per heavy atom. The number of aliphatic carboxylic acids is 1. The van der Waals surface area contributed by atoms with Gasteiger partial charge in [-0.25, -0.2) is 4.79 Å². The van der Waals surface area contributed by atoms with Gasteiger partial charge in [-0.2, -0.15) is 0 Å². The monoisotopic (exact) mass is 355 g/mol. The van der Waals surface area contributed by atoms with Gasteiger partial charge in [-0.05, 0) is 31.5 Å². The van der Waals surface area contributed by atoms with Gasteiger partial charge in [-0.1, -0.05) is 24.6 Å². The predicted molar refractivity (Wildman–Crippen MR) is 91.9 cm³/mol. The molecular weight excluding hydrogens is 334 g/mol. The van der Waals surface area contributed by atoms with Crippen LogP contribution in [0.5, 0.6) is 5.75 Å². The number of anilines is 1. The van der Waals surface area contributed by atoms with Gasteiger partial charge in [0.2, 0.25) is 0 Å². The van der Waals surface area contributed by atoms with E-state index in [-0.39, 0.29) is 24.7 Å². The van der Waals surface area contributed by atoms with Gasteiger partial charge in [0.05, 0.1) is 24.4 Å². The molecule has 3 N–H and O–H groups in total. The molecule has 1 aliphatic rings. The fourth-order valence-corrected chi connectivity index (χ4v) is 3.09. The highest BCUT2D eigenvalue weighted by molar-refractivity contribution is 6.32. The summed E-state index contributed by atoms with van der Waals surface area (Å²) in [7, 11) is 1.49. The first-order valence-corrected chi connectivity index (χ1v) is 8.18. The number of carbonyl (C=O) groups excluding carboxylic acids is 1. The zero-order valence-corrected chi connectivity index (χ0v) is 14.5. The van der Waals surface area contributed by atoms with Crippen LogP contribution < -0.4 is 15.4 Å². The van der Waals surface area contributed by atoms with Crippen LogP contribution in [0, 0.1) is 0 Å². The average Bonchev–Trinajstić information content (AvgIpc) is 2.48. The highest BCUT2D eigenvalue weighted by Crippen LogP contribution is 2.32. The summed E-state index contributed by atoms with van der Waals surface area (Å²) in [4.78, 5) is 24.8. The normalized spacial score (nSPS) is 19.5. The number of likely N-dealkylation sites (N-methyl/N-ethyl adjacent to an activating group) is 1. The number of carbonyl (C=O) groups is 2. The number of benzene rings is 1. The van der Waals surface area contributed by atoms with Crippen LogP contribution in [0.25, 0.3) is 0 Å². The number of nitrogens with zero attached hydrogens (tertiary/aromatic N) is 1. The van der Waals surface area contributed by atoms with E-state index in [0.29, 0.717) is 23.0 Å². The van der Waals surface area contributed by atoms with Crippen LogP contribution in [0.2, 0.25) is 5.02 Å². The maximum absolute atomic E-state index is 12.1. The Morgan fingerprint density at radius 2 is 2.12 bits per heavy atom. The Kier molecular flexibility index (Phi) is 6.28. The molecule has 24 heavy (non-hydrogen) atoms. The standard InChI is InChI=1S/C16H22ClN3O4/c1-3-20(9-14(21)22)11-7-10(8-11)18-16(23)19-13-6-4-5-12(17)15(13)24-2/h4-6,10-11H,3,7-9H2,1-2H3,(H,21,22)(H2,18,19,23). The summed E-state index contributed by atoms with van der Waals surface area (Å²) in [6.07, 6.45) is 1.47. The van der Waals surface area contributed by atoms with Gasteiger partial charge in [-0.3, -0.25) is 9.69 Å². The van der Waals surface area contributed by atoms with E-state index in [1.807, 2.05) is 11.8 Å². The van der Waals surface area contributed by atoms with E-state index in [4.69, 9.17) is 21.4 Å². The minimum atomic E-state index is -0.834. The lowest BCUT2D eigenvalue weighted by molar-refractivity contribution is -0.139. The fraction of sp³-hybridized carbons (Fsp3) is 0.500. The molecule has 0 aliphatic heterocycles. The molecule has 0 aromatic heterocycles. The molecule has 1 fully saturated rings. The predicted octanol–water partition coefficient (Wildman–Crippen LogP) is 2.41. The summed E-state index contributed by atoms with van der Waals surface area (Å²) in [6.45, 7) is 2.64. The number of nitrogens with one attached hydrogen (secondary N) is 2. The van der Waals surface area contributed by atoms with E-state index in [9.17, 15) is 9.59 Å². The maximum Gasteiger partial charge on any atom is 0.319 e. The van der Waals surface area contributed by atoms with Crippen molar-refractivity contribution in [2.45, 2.75) is 31.8 Å². The number of amides is 2. The molecule has 132 valence electrons. The molecule has 1 aromatic rings. The zero-order valence-electron chi connectivity index (χ0n) is 13.7. The molecule has 0 heterocycles. The van der Waals surface area contributed by atoms with Crippen molar-refractivity contribution in [2.75, 3.05) is 25.5 Å². The number of carboxylic acids is 1. The molecule has 1 aromatic carbocycles. The van der Waals surface area contributed by atoms with Gasteiger partial charge in [-0.15, -0.1) is 0 Å². The first-order chi connectivity index (χ1) is 11.4. The van der Waals surface area contributed by atoms with Gasteiger partial charge in [0, 0.05) is 12.1 Å². The molecule has 1 aliphatic carbocycles. The second kappa shape index (κ2) is 8.21. The topological polar surface area (TPSA) is 90.9 Å². The van der Waals surface area contributed by atoms with E-state index in [2.05, 4.69) is 10.6 Å². The molecule has 0 radical (unpaired) electrons. The van der Waals surface area contributed by atoms with Crippen molar-refractivity contribution in [1.82, 2.24) is 10.2 Å². The number of hydrogen-bond acceptors (Lipinski definition) is 4. The highest BCUT2D eigenvalue weighted by atomic mass is 35.5. The van der Waals surface area contributed by atoms with Crippen LogP contribution in [-0.4, -0.2) is 54.3 Å². The fourth-order valence-electron chi connectivity index (χ4n) is 2.84. The van der Waals surface area contributed by atoms with Crippen molar-refractivity contribution < 1.29 is 19.4 Å². The molecule has 1 saturated carbocycles. The van der Waals surface area contributed by atoms with Crippen LogP contribution in [-0.2, 0) is 4.79 Å². The SMILES string of the molecule is CCN(CC(=O)O)C1CC(NC(=O)Nc2cccc(Cl)c2OC)C1. The van der Waals surface area contributed by atoms with Crippen LogP contribution in [0.1, 0.15) is 19.8 Å². The van der Waals surface area contributed by atoms with Gasteiger partial charge < -0.3 is 20.5 Å². The van der Waals surface area contributed by atoms with E-state index in [1.54, 1.807) is 18.2 Å². The molecule has 0 spiro atoms. The van der Waals surface area contributed by atoms with Crippen molar-refractivity contribution >= 4 is 29.3 Å². The van der Waals surface area contributed by atoms with Crippen molar-refractivity contribution in [3.05, 3.63) is 23.2 Å². The molecule has 0 unspecified atom stereocenters. The second-order valence-corrected chi connectivity index (χ2v) is 6.11. The molecule has 0 saturated heterocycles. The minimum Gasteiger partial charge on any atom is -0.493 e. The summed E-state index contributed by atoms with van der Waals surface area (Å²) >= 11 is 6.02. The molecular formula is C16H22ClN3O4. The Balaban J connectivity index is 1.83. The Morgan fingerprint density at radius 3 is 2.71 bits per heavy atom. The molecule has 8 heteroatoms. The number of ether oxygens (including phenoxy) is 1. The summed E-state index contributed by atoms with van der Waals surface area (Å²) in [5.74, 6) is -0.418. The number of urea groups is 1. The molecule has 0 bridgehead atoms. The smallest absolute Gasteiger partial charge is 0.319 e. The average molecular weight is 356 g/mol. The third-order valence-electron chi connectivity index (χ3n) is 4.13. The van der Waals surface area contributed by atoms with Crippen LogP contribution in [0.4, 0.5) is 10.5 Å². The summed E-state index contributed by atoms with van der Waals surface area (Å²) in [6, 6.07) is 5.01. The molecule has 2 amide bonds. The third kappa shape index (κ3) is 4.52. The summed E-state index contributed by atoms with van der Waals surface area (Å²) in [5, 5.41) is 14.9. The number of rotatable bonds is 7. The van der Waals surface area contributed by atoms with Crippen molar-refractivity contribution in [3.63, 3.8) is 0 Å². The Labute approximate surface area is 145 Å². The minimum absolute atomic E-state index is 0.0276. The Hall–Kier alpha value is -1.99. The van der Waals surface area contributed by atoms with Gasteiger partial charge >= 0.3 is 12.0 Å². The number of carboxylic acid groups (broad SMARTS) is 1. The number of hydrogen-bond donors (Lipinski definition) is 3. The lowest BCUT2D eigenvalue weighted by atomic mass is 9.85. The van der Waals surface area contributed by atoms with E-state index < -0.39 is 5.97 Å². The largest absolute Gasteiger partial charge is 0.493 e. The third-order valence-corrected chi connectivity index (χ3v) is 4.43. The first-order valence-electron chi connectivity index (χ1n) is 7.80. The summed E-state index contributed by atoms with van der Waals surface area (Å²) in [5.41, 5.74) is 0.499. The van der Waals surface area contributed by atoms with Gasteiger partial charge in [0.25, 0.3) is 0 Å². The molecule has 2 rings (SSSR count). The van der Waals surface area contributed by atoms with E-state index in [1.165, 1.54) is 7.11 Å². The zero-order chi connectivity index (χ0) is 17.7. The second-order valence-electron chi connectivity index (χ2n) is 5.70. The van der Waals surface area contributed by atoms with Gasteiger partial charge in [0.15, 0.2) is 5.75 Å². The summed E-state index contributed by atoms with van der Waals surface area (Å²) < 4.78 is 5.19. The highest BCUT2D eigenvalue weighted by Gasteiger charge is 2.34. The lowest BCUT2D eigenvalue weighted by Gasteiger charge is -2.42. The molecule has 0 atom stereocenters. The van der Waals surface area contributed by atoms with Crippen LogP contribution >= 0.6 is 11.6 Å². The van der Waals surface area contributed by atoms with Crippen LogP contribution in [0.3, 0.4) is 0 Å². The quantitative estimate of drug-likeness (QED) is 0.698. The lowest BCUT2D eigenvalue weighted by Crippen LogP contribution is -2.55. The Bertz CT molecular complexity index is 605. The van der Waals surface area contributed by atoms with Crippen molar-refractivity contribution in [2.24, 2.45) is 0 Å². The molecule has 7 nitrogen and oxygen atoms in total. The number of halogens is 1.